The van der Waals surface area contributed by atoms with Crippen LogP contribution < -0.4 is 10.2 Å². The van der Waals surface area contributed by atoms with Gasteiger partial charge in [-0.25, -0.2) is 4.98 Å². The zero-order valence-electron chi connectivity index (χ0n) is 14.0. The molecule has 0 saturated carbocycles. The number of carbonyl (C=O) groups excluding carboxylic acids is 1. The Balaban J connectivity index is 1.43. The standard InChI is InChI=1S/C18H21ClN4O2/c19-14-6-4-9-20-17(14)23-10-8-12(11-23)21-18(24)16-13-5-2-1-3-7-15(13)25-22-16/h4,6,9,12H,1-3,5,7-8,10-11H2,(H,21,24). The van der Waals surface area contributed by atoms with E-state index in [1.807, 2.05) is 12.1 Å². The van der Waals surface area contributed by atoms with Gasteiger partial charge in [0.05, 0.1) is 5.02 Å². The molecule has 0 spiro atoms. The minimum atomic E-state index is -0.133. The lowest BCUT2D eigenvalue weighted by Gasteiger charge is -2.18. The topological polar surface area (TPSA) is 71.3 Å². The van der Waals surface area contributed by atoms with Crippen molar-refractivity contribution < 1.29 is 9.32 Å². The van der Waals surface area contributed by atoms with E-state index in [9.17, 15) is 4.79 Å². The van der Waals surface area contributed by atoms with E-state index in [1.54, 1.807) is 6.20 Å². The number of pyridine rings is 1. The van der Waals surface area contributed by atoms with Crippen molar-refractivity contribution in [3.05, 3.63) is 40.4 Å². The molecule has 2 aromatic rings. The van der Waals surface area contributed by atoms with E-state index in [0.717, 1.165) is 55.8 Å². The highest BCUT2D eigenvalue weighted by atomic mass is 35.5. The lowest BCUT2D eigenvalue weighted by molar-refractivity contribution is 0.0930. The molecule has 6 nitrogen and oxygen atoms in total. The van der Waals surface area contributed by atoms with Gasteiger partial charge in [-0.3, -0.25) is 4.79 Å². The Hall–Kier alpha value is -2.08. The van der Waals surface area contributed by atoms with Crippen molar-refractivity contribution in [3.63, 3.8) is 0 Å². The Morgan fingerprint density at radius 2 is 2.20 bits per heavy atom. The zero-order chi connectivity index (χ0) is 17.2. The largest absolute Gasteiger partial charge is 0.360 e. The molecular formula is C18H21ClN4O2. The molecule has 132 valence electrons. The minimum Gasteiger partial charge on any atom is -0.360 e. The minimum absolute atomic E-state index is 0.0590. The summed E-state index contributed by atoms with van der Waals surface area (Å²) < 4.78 is 5.41. The Labute approximate surface area is 151 Å². The number of rotatable bonds is 3. The molecule has 4 rings (SSSR count). The molecule has 0 aromatic carbocycles. The van der Waals surface area contributed by atoms with E-state index in [0.29, 0.717) is 17.3 Å². The Kier molecular flexibility index (Phi) is 4.61. The first-order valence-electron chi connectivity index (χ1n) is 8.86. The van der Waals surface area contributed by atoms with Crippen molar-refractivity contribution in [2.45, 2.75) is 44.6 Å². The molecule has 1 saturated heterocycles. The number of nitrogens with zero attached hydrogens (tertiary/aromatic N) is 3. The maximum atomic E-state index is 12.7. The molecule has 0 radical (unpaired) electrons. The second-order valence-corrected chi connectivity index (χ2v) is 7.11. The van der Waals surface area contributed by atoms with Crippen LogP contribution in [-0.4, -0.2) is 35.2 Å². The van der Waals surface area contributed by atoms with Crippen molar-refractivity contribution in [1.29, 1.82) is 0 Å². The van der Waals surface area contributed by atoms with Gasteiger partial charge in [0.2, 0.25) is 0 Å². The summed E-state index contributed by atoms with van der Waals surface area (Å²) in [7, 11) is 0. The number of aryl methyl sites for hydroxylation is 1. The van der Waals surface area contributed by atoms with Gasteiger partial charge in [-0.15, -0.1) is 0 Å². The summed E-state index contributed by atoms with van der Waals surface area (Å²) in [5.41, 5.74) is 1.46. The average molecular weight is 361 g/mol. The fourth-order valence-electron chi connectivity index (χ4n) is 3.67. The van der Waals surface area contributed by atoms with E-state index >= 15 is 0 Å². The Morgan fingerprint density at radius 3 is 3.08 bits per heavy atom. The van der Waals surface area contributed by atoms with Crippen molar-refractivity contribution >= 4 is 23.3 Å². The highest BCUT2D eigenvalue weighted by Gasteiger charge is 2.29. The number of anilines is 1. The van der Waals surface area contributed by atoms with Crippen LogP contribution in [0.15, 0.2) is 22.9 Å². The summed E-state index contributed by atoms with van der Waals surface area (Å²) in [6.07, 6.45) is 7.71. The summed E-state index contributed by atoms with van der Waals surface area (Å²) in [6, 6.07) is 3.71. The summed E-state index contributed by atoms with van der Waals surface area (Å²) in [6.45, 7) is 1.51. The molecule has 1 unspecified atom stereocenters. The summed E-state index contributed by atoms with van der Waals surface area (Å²) in [5, 5.41) is 7.77. The molecule has 3 heterocycles. The predicted octanol–water partition coefficient (Wildman–Crippen LogP) is 3.00. The number of amides is 1. The molecule has 1 amide bonds. The molecular weight excluding hydrogens is 340 g/mol. The Morgan fingerprint density at radius 1 is 1.32 bits per heavy atom. The van der Waals surface area contributed by atoms with Gasteiger partial charge in [-0.2, -0.15) is 0 Å². The van der Waals surface area contributed by atoms with Crippen LogP contribution in [0, 0.1) is 0 Å². The van der Waals surface area contributed by atoms with E-state index in [1.165, 1.54) is 6.42 Å². The molecule has 1 fully saturated rings. The van der Waals surface area contributed by atoms with Crippen molar-refractivity contribution in [1.82, 2.24) is 15.5 Å². The number of hydrogen-bond donors (Lipinski definition) is 1. The number of aromatic nitrogens is 2. The lowest BCUT2D eigenvalue weighted by Crippen LogP contribution is -2.37. The van der Waals surface area contributed by atoms with Gasteiger partial charge >= 0.3 is 0 Å². The Bertz CT molecular complexity index is 776. The first-order valence-corrected chi connectivity index (χ1v) is 9.24. The van der Waals surface area contributed by atoms with Gasteiger partial charge in [0.15, 0.2) is 5.69 Å². The number of fused-ring (bicyclic) bond motifs is 1. The summed E-state index contributed by atoms with van der Waals surface area (Å²) in [4.78, 5) is 19.1. The summed E-state index contributed by atoms with van der Waals surface area (Å²) in [5.74, 6) is 1.53. The molecule has 25 heavy (non-hydrogen) atoms. The maximum Gasteiger partial charge on any atom is 0.274 e. The molecule has 1 aliphatic carbocycles. The van der Waals surface area contributed by atoms with Crippen molar-refractivity contribution in [3.8, 4) is 0 Å². The van der Waals surface area contributed by atoms with Crippen LogP contribution in [-0.2, 0) is 12.8 Å². The van der Waals surface area contributed by atoms with Gasteiger partial charge < -0.3 is 14.7 Å². The van der Waals surface area contributed by atoms with Gasteiger partial charge in [-0.05, 0) is 37.8 Å². The number of nitrogens with one attached hydrogen (secondary N) is 1. The first-order chi connectivity index (χ1) is 12.2. The van der Waals surface area contributed by atoms with Crippen molar-refractivity contribution in [2.24, 2.45) is 0 Å². The smallest absolute Gasteiger partial charge is 0.274 e. The second-order valence-electron chi connectivity index (χ2n) is 6.71. The van der Waals surface area contributed by atoms with Crippen LogP contribution >= 0.6 is 11.6 Å². The quantitative estimate of drug-likeness (QED) is 0.852. The highest BCUT2D eigenvalue weighted by Crippen LogP contribution is 2.27. The van der Waals surface area contributed by atoms with E-state index in [-0.39, 0.29) is 11.9 Å². The van der Waals surface area contributed by atoms with Gasteiger partial charge in [0, 0.05) is 37.3 Å². The molecule has 1 atom stereocenters. The third kappa shape index (κ3) is 3.35. The maximum absolute atomic E-state index is 12.7. The molecule has 7 heteroatoms. The fourth-order valence-corrected chi connectivity index (χ4v) is 3.92. The van der Waals surface area contributed by atoms with Gasteiger partial charge in [0.25, 0.3) is 5.91 Å². The number of halogens is 1. The van der Waals surface area contributed by atoms with Crippen LogP contribution in [0.1, 0.15) is 47.5 Å². The van der Waals surface area contributed by atoms with E-state index < -0.39 is 0 Å². The van der Waals surface area contributed by atoms with E-state index in [4.69, 9.17) is 16.1 Å². The van der Waals surface area contributed by atoms with Crippen LogP contribution in [0.25, 0.3) is 0 Å². The third-order valence-electron chi connectivity index (χ3n) is 4.98. The number of hydrogen-bond acceptors (Lipinski definition) is 5. The van der Waals surface area contributed by atoms with E-state index in [2.05, 4.69) is 20.4 Å². The summed E-state index contributed by atoms with van der Waals surface area (Å²) >= 11 is 6.22. The zero-order valence-corrected chi connectivity index (χ0v) is 14.8. The number of carbonyl (C=O) groups is 1. The molecule has 0 bridgehead atoms. The second kappa shape index (κ2) is 7.04. The fraction of sp³-hybridized carbons (Fsp3) is 0.500. The van der Waals surface area contributed by atoms with Crippen molar-refractivity contribution in [2.75, 3.05) is 18.0 Å². The molecule has 1 aliphatic heterocycles. The SMILES string of the molecule is O=C(NC1CCN(c2ncccc2Cl)C1)c1noc2c1CCCCC2. The lowest BCUT2D eigenvalue weighted by atomic mass is 10.1. The van der Waals surface area contributed by atoms with Crippen LogP contribution in [0.5, 0.6) is 0 Å². The first kappa shape index (κ1) is 16.4. The molecule has 1 N–H and O–H groups in total. The third-order valence-corrected chi connectivity index (χ3v) is 5.27. The molecule has 2 aromatic heterocycles. The van der Waals surface area contributed by atoms with Gasteiger partial charge in [-0.1, -0.05) is 23.2 Å². The average Bonchev–Trinajstić information content (AvgIpc) is 3.16. The monoisotopic (exact) mass is 360 g/mol. The van der Waals surface area contributed by atoms with Crippen LogP contribution in [0.4, 0.5) is 5.82 Å². The van der Waals surface area contributed by atoms with Gasteiger partial charge in [0.1, 0.15) is 11.6 Å². The van der Waals surface area contributed by atoms with Crippen LogP contribution in [0.2, 0.25) is 5.02 Å². The van der Waals surface area contributed by atoms with Crippen LogP contribution in [0.3, 0.4) is 0 Å². The normalized spacial score (nSPS) is 20.2. The predicted molar refractivity (Wildman–Crippen MR) is 95.1 cm³/mol. The highest BCUT2D eigenvalue weighted by molar-refractivity contribution is 6.32. The molecule has 2 aliphatic rings.